The molecule has 3 aliphatic rings. The molecule has 5 heterocycles. The smallest absolute Gasteiger partial charge is 0.411 e. The van der Waals surface area contributed by atoms with Gasteiger partial charge in [-0.1, -0.05) is 42.5 Å². The molecule has 2 saturated heterocycles. The zero-order chi connectivity index (χ0) is 38.6. The fourth-order valence-corrected chi connectivity index (χ4v) is 8.93. The molecule has 12 heteroatoms. The first-order valence-electron chi connectivity index (χ1n) is 18.9. The molecule has 0 bridgehead atoms. The van der Waals surface area contributed by atoms with Crippen molar-refractivity contribution in [2.45, 2.75) is 64.3 Å². The van der Waals surface area contributed by atoms with Gasteiger partial charge >= 0.3 is 12.2 Å². The number of benzene rings is 4. The molecule has 284 valence electrons. The molecule has 3 aliphatic heterocycles. The highest BCUT2D eigenvalue weighted by molar-refractivity contribution is 7.99. The Morgan fingerprint density at radius 3 is 2.54 bits per heavy atom. The summed E-state index contributed by atoms with van der Waals surface area (Å²) in [6.45, 7) is 6.46. The van der Waals surface area contributed by atoms with Crippen molar-refractivity contribution >= 4 is 57.3 Å². The third kappa shape index (κ3) is 6.94. The molecule has 9 rings (SSSR count). The van der Waals surface area contributed by atoms with Crippen LogP contribution in [0.2, 0.25) is 0 Å². The minimum absolute atomic E-state index is 0.0892. The first-order valence-corrected chi connectivity index (χ1v) is 20.0. The third-order valence-electron chi connectivity index (χ3n) is 10.5. The van der Waals surface area contributed by atoms with Gasteiger partial charge in [0.25, 0.3) is 0 Å². The van der Waals surface area contributed by atoms with Gasteiger partial charge in [0.15, 0.2) is 0 Å². The summed E-state index contributed by atoms with van der Waals surface area (Å²) in [5.41, 5.74) is 7.68. The minimum Gasteiger partial charge on any atom is -0.456 e. The van der Waals surface area contributed by atoms with E-state index in [1.807, 2.05) is 92.4 Å². The fraction of sp³-hybridized carbons (Fsp3) is 0.295. The summed E-state index contributed by atoms with van der Waals surface area (Å²) in [7, 11) is 0. The highest BCUT2D eigenvalue weighted by Gasteiger charge is 2.36. The number of imidazole rings is 1. The van der Waals surface area contributed by atoms with Crippen LogP contribution in [-0.4, -0.2) is 67.5 Å². The molecular formula is C44H41N5O6S. The number of aromatic nitrogens is 2. The summed E-state index contributed by atoms with van der Waals surface area (Å²) in [6, 6.07) is 26.8. The van der Waals surface area contributed by atoms with E-state index in [2.05, 4.69) is 16.0 Å². The molecule has 0 aliphatic carbocycles. The lowest BCUT2D eigenvalue weighted by Crippen LogP contribution is -2.40. The Morgan fingerprint density at radius 2 is 1.70 bits per heavy atom. The van der Waals surface area contributed by atoms with Crippen LogP contribution in [0.3, 0.4) is 0 Å². The standard InChI is InChI=1S/C44H41N5O6S/c1-44(2,3)55-43(52)49-25-56-24-37(49)35-22-45-41(47-35)29-13-16-38-32(19-29)40(50)31-14-11-28(21-39(31)54-38)27-12-15-33-30(18-27)20-34(46-33)36-10-7-17-48(36)42(51)53-23-26-8-5-4-6-9-26/h4-6,8-9,11-16,18-19,21-22,36-37H,7,10,17,20,23-25H2,1-3H3,(H,45,47)/t36-,37-/m0/s1. The number of nitrogens with one attached hydrogen (secondary N) is 1. The number of hydrogen-bond acceptors (Lipinski definition) is 9. The maximum atomic E-state index is 13.9. The maximum absolute atomic E-state index is 13.9. The second-order valence-corrected chi connectivity index (χ2v) is 16.5. The zero-order valence-corrected chi connectivity index (χ0v) is 32.2. The van der Waals surface area contributed by atoms with Crippen molar-refractivity contribution in [2.24, 2.45) is 4.99 Å². The largest absolute Gasteiger partial charge is 0.456 e. The van der Waals surface area contributed by atoms with Gasteiger partial charge in [-0.15, -0.1) is 11.8 Å². The van der Waals surface area contributed by atoms with Crippen molar-refractivity contribution in [3.05, 3.63) is 118 Å². The second-order valence-electron chi connectivity index (χ2n) is 15.5. The Kier molecular flexibility index (Phi) is 9.15. The van der Waals surface area contributed by atoms with Gasteiger partial charge in [-0.25, -0.2) is 14.6 Å². The van der Waals surface area contributed by atoms with Crippen LogP contribution in [0.4, 0.5) is 15.3 Å². The van der Waals surface area contributed by atoms with E-state index in [-0.39, 0.29) is 36.3 Å². The number of aliphatic imine (C=N–C) groups is 1. The molecule has 2 amide bonds. The summed E-state index contributed by atoms with van der Waals surface area (Å²) < 4.78 is 17.6. The summed E-state index contributed by atoms with van der Waals surface area (Å²) in [4.78, 5) is 56.3. The first kappa shape index (κ1) is 35.8. The van der Waals surface area contributed by atoms with Gasteiger partial charge in [-0.05, 0) is 98.3 Å². The molecule has 4 aromatic carbocycles. The van der Waals surface area contributed by atoms with Gasteiger partial charge in [0.05, 0.1) is 46.3 Å². The summed E-state index contributed by atoms with van der Waals surface area (Å²) >= 11 is 1.66. The molecule has 1 N–H and O–H groups in total. The lowest BCUT2D eigenvalue weighted by molar-refractivity contribution is 0.0235. The van der Waals surface area contributed by atoms with E-state index in [1.165, 1.54) is 0 Å². The topological polar surface area (TPSA) is 130 Å². The van der Waals surface area contributed by atoms with E-state index in [9.17, 15) is 14.4 Å². The van der Waals surface area contributed by atoms with Crippen LogP contribution >= 0.6 is 11.8 Å². The zero-order valence-electron chi connectivity index (χ0n) is 31.4. The third-order valence-corrected chi connectivity index (χ3v) is 11.5. The predicted molar refractivity (Wildman–Crippen MR) is 218 cm³/mol. The van der Waals surface area contributed by atoms with Gasteiger partial charge < -0.3 is 18.9 Å². The summed E-state index contributed by atoms with van der Waals surface area (Å²) in [6.07, 6.45) is 3.51. The molecule has 56 heavy (non-hydrogen) atoms. The minimum atomic E-state index is -0.588. The van der Waals surface area contributed by atoms with Crippen LogP contribution < -0.4 is 5.43 Å². The number of H-pyrrole nitrogens is 1. The number of fused-ring (bicyclic) bond motifs is 3. The average Bonchev–Trinajstić information content (AvgIpc) is 4.02. The number of amides is 2. The Bertz CT molecular complexity index is 2590. The van der Waals surface area contributed by atoms with Crippen LogP contribution in [-0.2, 0) is 22.5 Å². The average molecular weight is 768 g/mol. The van der Waals surface area contributed by atoms with Gasteiger partial charge in [0.1, 0.15) is 29.2 Å². The number of likely N-dealkylation sites (tertiary alicyclic amines) is 1. The second kappa shape index (κ2) is 14.3. The van der Waals surface area contributed by atoms with Crippen molar-refractivity contribution in [3.63, 3.8) is 0 Å². The monoisotopic (exact) mass is 767 g/mol. The first-order chi connectivity index (χ1) is 27.1. The van der Waals surface area contributed by atoms with Crippen molar-refractivity contribution in [2.75, 3.05) is 18.2 Å². The molecular weight excluding hydrogens is 727 g/mol. The molecule has 11 nitrogen and oxygen atoms in total. The molecule has 0 radical (unpaired) electrons. The Hall–Kier alpha value is -5.88. The van der Waals surface area contributed by atoms with E-state index in [0.29, 0.717) is 46.6 Å². The number of carbonyl (C=O) groups is 2. The number of hydrogen-bond donors (Lipinski definition) is 1. The number of carbonyl (C=O) groups excluding carboxylic acids is 2. The number of nitrogens with zero attached hydrogens (tertiary/aromatic N) is 4. The molecule has 6 aromatic rings. The van der Waals surface area contributed by atoms with Crippen LogP contribution in [0.25, 0.3) is 44.5 Å². The molecule has 2 fully saturated rings. The van der Waals surface area contributed by atoms with Crippen molar-refractivity contribution in [1.29, 1.82) is 0 Å². The van der Waals surface area contributed by atoms with Crippen molar-refractivity contribution in [3.8, 4) is 22.5 Å². The number of thioether (sulfide) groups is 1. The SMILES string of the molecule is CC(C)(C)OC(=O)N1CSC[C@H]1c1cnc(-c2ccc3oc4cc(-c5ccc6c(c5)CC([C@@H]5CCCN5C(=O)OCc5ccccc5)=N6)ccc4c(=O)c3c2)[nH]1. The quantitative estimate of drug-likeness (QED) is 0.166. The van der Waals surface area contributed by atoms with Crippen LogP contribution in [0, 0.1) is 0 Å². The van der Waals surface area contributed by atoms with Gasteiger partial charge in [-0.2, -0.15) is 0 Å². The number of ether oxygens (including phenoxy) is 2. The fourth-order valence-electron chi connectivity index (χ4n) is 7.76. The molecule has 0 unspecified atom stereocenters. The van der Waals surface area contributed by atoms with E-state index in [0.717, 1.165) is 63.5 Å². The number of rotatable bonds is 6. The molecule has 2 aromatic heterocycles. The summed E-state index contributed by atoms with van der Waals surface area (Å²) in [5, 5.41) is 0.946. The molecule has 2 atom stereocenters. The highest BCUT2D eigenvalue weighted by atomic mass is 32.2. The molecule has 0 spiro atoms. The highest BCUT2D eigenvalue weighted by Crippen LogP contribution is 2.37. The lowest BCUT2D eigenvalue weighted by atomic mass is 9.98. The Morgan fingerprint density at radius 1 is 0.893 bits per heavy atom. The van der Waals surface area contributed by atoms with Gasteiger partial charge in [0, 0.05) is 30.0 Å². The molecule has 0 saturated carbocycles. The van der Waals surface area contributed by atoms with E-state index in [1.54, 1.807) is 35.0 Å². The summed E-state index contributed by atoms with van der Waals surface area (Å²) in [5.74, 6) is 1.87. The van der Waals surface area contributed by atoms with E-state index >= 15 is 0 Å². The maximum Gasteiger partial charge on any atom is 0.411 e. The van der Waals surface area contributed by atoms with Crippen LogP contribution in [0.1, 0.15) is 56.5 Å². The lowest BCUT2D eigenvalue weighted by Gasteiger charge is -2.27. The van der Waals surface area contributed by atoms with E-state index in [4.69, 9.17) is 18.9 Å². The Labute approximate surface area is 327 Å². The van der Waals surface area contributed by atoms with Crippen molar-refractivity contribution < 1.29 is 23.5 Å². The number of aromatic amines is 1. The van der Waals surface area contributed by atoms with Crippen LogP contribution in [0.5, 0.6) is 0 Å². The van der Waals surface area contributed by atoms with Gasteiger partial charge in [0.2, 0.25) is 5.43 Å². The van der Waals surface area contributed by atoms with Crippen LogP contribution in [0.15, 0.2) is 105 Å². The van der Waals surface area contributed by atoms with Crippen molar-refractivity contribution in [1.82, 2.24) is 19.8 Å². The van der Waals surface area contributed by atoms with Gasteiger partial charge in [-0.3, -0.25) is 19.6 Å². The predicted octanol–water partition coefficient (Wildman–Crippen LogP) is 9.42. The normalized spacial score (nSPS) is 18.1. The van der Waals surface area contributed by atoms with E-state index < -0.39 is 5.60 Å². The Balaban J connectivity index is 0.914.